The second-order valence-corrected chi connectivity index (χ2v) is 5.75. The number of aromatic nitrogens is 2. The normalized spacial score (nSPS) is 22.9. The highest BCUT2D eigenvalue weighted by atomic mass is 32.2. The Hall–Kier alpha value is -1.22. The van der Waals surface area contributed by atoms with Crippen LogP contribution in [0.2, 0.25) is 0 Å². The number of alkyl halides is 3. The number of thioether (sulfide) groups is 1. The SMILES string of the molecule is CSC1CCC(Nc2cc(NN)nc(C(F)(F)F)n2)C1. The number of hydrogen-bond donors (Lipinski definition) is 3. The lowest BCUT2D eigenvalue weighted by Crippen LogP contribution is -2.21. The Morgan fingerprint density at radius 3 is 2.55 bits per heavy atom. The molecular weight excluding hydrogens is 291 g/mol. The van der Waals surface area contributed by atoms with E-state index in [1.54, 1.807) is 11.8 Å². The molecule has 5 nitrogen and oxygen atoms in total. The van der Waals surface area contributed by atoms with Crippen molar-refractivity contribution in [1.82, 2.24) is 9.97 Å². The first-order chi connectivity index (χ1) is 9.42. The second kappa shape index (κ2) is 6.04. The maximum Gasteiger partial charge on any atom is 0.451 e. The van der Waals surface area contributed by atoms with E-state index in [0.717, 1.165) is 19.3 Å². The van der Waals surface area contributed by atoms with Crippen LogP contribution in [-0.4, -0.2) is 27.5 Å². The molecule has 20 heavy (non-hydrogen) atoms. The Morgan fingerprint density at radius 2 is 2.00 bits per heavy atom. The van der Waals surface area contributed by atoms with Crippen molar-refractivity contribution >= 4 is 23.4 Å². The van der Waals surface area contributed by atoms with E-state index < -0.39 is 12.0 Å². The highest BCUT2D eigenvalue weighted by molar-refractivity contribution is 7.99. The van der Waals surface area contributed by atoms with E-state index in [1.165, 1.54) is 6.07 Å². The van der Waals surface area contributed by atoms with Crippen LogP contribution >= 0.6 is 11.8 Å². The fourth-order valence-corrected chi connectivity index (χ4v) is 3.01. The van der Waals surface area contributed by atoms with Crippen molar-refractivity contribution in [3.8, 4) is 0 Å². The van der Waals surface area contributed by atoms with Gasteiger partial charge in [-0.3, -0.25) is 0 Å². The third-order valence-corrected chi connectivity index (χ3v) is 4.29. The summed E-state index contributed by atoms with van der Waals surface area (Å²) in [5, 5.41) is 3.58. The zero-order chi connectivity index (χ0) is 14.8. The second-order valence-electron chi connectivity index (χ2n) is 4.62. The van der Waals surface area contributed by atoms with E-state index in [-0.39, 0.29) is 17.7 Å². The Morgan fingerprint density at radius 1 is 1.30 bits per heavy atom. The van der Waals surface area contributed by atoms with Gasteiger partial charge in [0, 0.05) is 17.4 Å². The summed E-state index contributed by atoms with van der Waals surface area (Å²) in [6.45, 7) is 0. The zero-order valence-electron chi connectivity index (χ0n) is 10.9. The highest BCUT2D eigenvalue weighted by Gasteiger charge is 2.35. The summed E-state index contributed by atoms with van der Waals surface area (Å²) in [4.78, 5) is 6.83. The summed E-state index contributed by atoms with van der Waals surface area (Å²) >= 11 is 1.78. The molecule has 2 atom stereocenters. The number of nitrogens with one attached hydrogen (secondary N) is 2. The van der Waals surface area contributed by atoms with E-state index in [0.29, 0.717) is 5.25 Å². The van der Waals surface area contributed by atoms with Crippen LogP contribution in [0, 0.1) is 0 Å². The zero-order valence-corrected chi connectivity index (χ0v) is 11.7. The minimum absolute atomic E-state index is 0.0609. The minimum Gasteiger partial charge on any atom is -0.367 e. The molecule has 2 rings (SSSR count). The molecule has 1 aromatic rings. The smallest absolute Gasteiger partial charge is 0.367 e. The van der Waals surface area contributed by atoms with Gasteiger partial charge in [0.15, 0.2) is 0 Å². The molecule has 0 saturated heterocycles. The Bertz CT molecular complexity index is 468. The van der Waals surface area contributed by atoms with Crippen LogP contribution in [0.5, 0.6) is 0 Å². The molecule has 1 aromatic heterocycles. The molecule has 0 aliphatic heterocycles. The summed E-state index contributed by atoms with van der Waals surface area (Å²) in [6.07, 6.45) is 0.328. The molecule has 1 aliphatic rings. The van der Waals surface area contributed by atoms with Crippen LogP contribution in [0.25, 0.3) is 0 Å². The van der Waals surface area contributed by atoms with Gasteiger partial charge in [-0.2, -0.15) is 24.9 Å². The van der Waals surface area contributed by atoms with Crippen molar-refractivity contribution in [2.45, 2.75) is 36.7 Å². The van der Waals surface area contributed by atoms with E-state index in [2.05, 4.69) is 20.7 Å². The topological polar surface area (TPSA) is 75.9 Å². The molecule has 0 spiro atoms. The van der Waals surface area contributed by atoms with E-state index in [9.17, 15) is 13.2 Å². The van der Waals surface area contributed by atoms with Crippen LogP contribution in [0.4, 0.5) is 24.8 Å². The fraction of sp³-hybridized carbons (Fsp3) is 0.636. The monoisotopic (exact) mass is 307 g/mol. The summed E-state index contributed by atoms with van der Waals surface area (Å²) in [5.74, 6) is 4.03. The minimum atomic E-state index is -4.60. The first-order valence-electron chi connectivity index (χ1n) is 6.14. The van der Waals surface area contributed by atoms with Crippen molar-refractivity contribution in [2.75, 3.05) is 17.0 Å². The van der Waals surface area contributed by atoms with Gasteiger partial charge in [0.05, 0.1) is 0 Å². The van der Waals surface area contributed by atoms with Gasteiger partial charge in [-0.25, -0.2) is 15.8 Å². The molecule has 0 bridgehead atoms. The van der Waals surface area contributed by atoms with Gasteiger partial charge < -0.3 is 10.7 Å². The molecule has 112 valence electrons. The number of nitrogens with two attached hydrogens (primary N) is 1. The molecule has 1 fully saturated rings. The van der Waals surface area contributed by atoms with Gasteiger partial charge in [-0.15, -0.1) is 0 Å². The molecule has 1 heterocycles. The fourth-order valence-electron chi connectivity index (χ4n) is 2.22. The predicted octanol–water partition coefficient (Wildman–Crippen LogP) is 2.48. The molecule has 1 aliphatic carbocycles. The average molecular weight is 307 g/mol. The van der Waals surface area contributed by atoms with Gasteiger partial charge in [0.25, 0.3) is 0 Å². The van der Waals surface area contributed by atoms with Crippen molar-refractivity contribution in [3.63, 3.8) is 0 Å². The largest absolute Gasteiger partial charge is 0.451 e. The third-order valence-electron chi connectivity index (χ3n) is 3.20. The van der Waals surface area contributed by atoms with Gasteiger partial charge in [0.2, 0.25) is 5.82 Å². The summed E-state index contributed by atoms with van der Waals surface area (Å²) in [7, 11) is 0. The van der Waals surface area contributed by atoms with E-state index >= 15 is 0 Å². The van der Waals surface area contributed by atoms with Gasteiger partial charge >= 0.3 is 6.18 Å². The molecular formula is C11H16F3N5S. The molecule has 0 radical (unpaired) electrons. The predicted molar refractivity (Wildman–Crippen MR) is 73.4 cm³/mol. The average Bonchev–Trinajstić information content (AvgIpc) is 2.85. The summed E-state index contributed by atoms with van der Waals surface area (Å²) in [5.41, 5.74) is 2.13. The Labute approximate surface area is 118 Å². The van der Waals surface area contributed by atoms with Crippen molar-refractivity contribution in [2.24, 2.45) is 5.84 Å². The van der Waals surface area contributed by atoms with Crippen LogP contribution in [0.3, 0.4) is 0 Å². The summed E-state index contributed by atoms with van der Waals surface area (Å²) in [6, 6.07) is 1.51. The quantitative estimate of drug-likeness (QED) is 0.586. The van der Waals surface area contributed by atoms with E-state index in [1.807, 2.05) is 6.26 Å². The summed E-state index contributed by atoms with van der Waals surface area (Å²) < 4.78 is 38.1. The van der Waals surface area contributed by atoms with Gasteiger partial charge in [-0.05, 0) is 25.5 Å². The van der Waals surface area contributed by atoms with Crippen LogP contribution in [-0.2, 0) is 6.18 Å². The number of hydrogen-bond acceptors (Lipinski definition) is 6. The molecule has 2 unspecified atom stereocenters. The van der Waals surface area contributed by atoms with Crippen molar-refractivity contribution < 1.29 is 13.2 Å². The number of anilines is 2. The molecule has 0 aromatic carbocycles. The highest BCUT2D eigenvalue weighted by Crippen LogP contribution is 2.32. The van der Waals surface area contributed by atoms with E-state index in [4.69, 9.17) is 5.84 Å². The lowest BCUT2D eigenvalue weighted by Gasteiger charge is -2.15. The lowest BCUT2D eigenvalue weighted by molar-refractivity contribution is -0.144. The number of halogens is 3. The third kappa shape index (κ3) is 3.66. The number of nitrogen functional groups attached to an aromatic ring is 1. The van der Waals surface area contributed by atoms with Crippen LogP contribution in [0.1, 0.15) is 25.1 Å². The maximum absolute atomic E-state index is 12.7. The molecule has 1 saturated carbocycles. The van der Waals surface area contributed by atoms with Gasteiger partial charge in [0.1, 0.15) is 11.6 Å². The first kappa shape index (κ1) is 15.2. The van der Waals surface area contributed by atoms with Crippen LogP contribution < -0.4 is 16.6 Å². The first-order valence-corrected chi connectivity index (χ1v) is 7.43. The number of rotatable bonds is 4. The lowest BCUT2D eigenvalue weighted by atomic mass is 10.2. The Balaban J connectivity index is 2.15. The van der Waals surface area contributed by atoms with Gasteiger partial charge in [-0.1, -0.05) is 0 Å². The van der Waals surface area contributed by atoms with Crippen LogP contribution in [0.15, 0.2) is 6.07 Å². The Kier molecular flexibility index (Phi) is 4.59. The maximum atomic E-state index is 12.7. The molecule has 9 heteroatoms. The van der Waals surface area contributed by atoms with Crippen molar-refractivity contribution in [1.29, 1.82) is 0 Å². The molecule has 0 amide bonds. The number of nitrogens with zero attached hydrogens (tertiary/aromatic N) is 2. The molecule has 4 N–H and O–H groups in total. The van der Waals surface area contributed by atoms with Crippen molar-refractivity contribution in [3.05, 3.63) is 11.9 Å². The number of hydrazine groups is 1. The standard InChI is InChI=1S/C11H16F3N5S/c1-20-7-3-2-6(4-7)16-8-5-9(19-15)18-10(17-8)11(12,13)14/h5-7H,2-4,15H2,1H3,(H2,16,17,18,19).